The Morgan fingerprint density at radius 3 is 2.83 bits per heavy atom. The van der Waals surface area contributed by atoms with Gasteiger partial charge in [0, 0.05) is 22.5 Å². The van der Waals surface area contributed by atoms with E-state index in [1.54, 1.807) is 23.1 Å². The summed E-state index contributed by atoms with van der Waals surface area (Å²) in [6, 6.07) is 10.8. The molecule has 1 aromatic carbocycles. The summed E-state index contributed by atoms with van der Waals surface area (Å²) >= 11 is 9.65. The van der Waals surface area contributed by atoms with E-state index in [9.17, 15) is 0 Å². The van der Waals surface area contributed by atoms with Crippen LogP contribution in [0.1, 0.15) is 19.4 Å². The molecule has 0 saturated heterocycles. The van der Waals surface area contributed by atoms with Crippen LogP contribution >= 0.6 is 34.7 Å². The van der Waals surface area contributed by atoms with Gasteiger partial charge in [-0.25, -0.2) is 0 Å². The van der Waals surface area contributed by atoms with Gasteiger partial charge in [-0.3, -0.25) is 0 Å². The molecule has 1 N–H and O–H groups in total. The highest BCUT2D eigenvalue weighted by Gasteiger charge is 2.07. The van der Waals surface area contributed by atoms with Crippen LogP contribution in [0.5, 0.6) is 0 Å². The summed E-state index contributed by atoms with van der Waals surface area (Å²) in [6.07, 6.45) is 0. The summed E-state index contributed by atoms with van der Waals surface area (Å²) in [5.41, 5.74) is 1.26. The molecule has 0 spiro atoms. The molecular formula is C14H16ClNS2. The van der Waals surface area contributed by atoms with Crippen LogP contribution in [0.4, 0.5) is 0 Å². The molecular weight excluding hydrogens is 282 g/mol. The Morgan fingerprint density at radius 2 is 2.17 bits per heavy atom. The maximum Gasteiger partial charge on any atom is 0.0646 e. The van der Waals surface area contributed by atoms with Crippen molar-refractivity contribution < 1.29 is 0 Å². The average molecular weight is 298 g/mol. The predicted molar refractivity (Wildman–Crippen MR) is 81.9 cm³/mol. The first kappa shape index (κ1) is 13.9. The molecule has 1 heterocycles. The Hall–Kier alpha value is -0.480. The fraction of sp³-hybridized carbons (Fsp3) is 0.286. The number of rotatable bonds is 5. The molecule has 2 rings (SSSR count). The Morgan fingerprint density at radius 1 is 1.33 bits per heavy atom. The quantitative estimate of drug-likeness (QED) is 0.829. The Balaban J connectivity index is 2.17. The van der Waals surface area contributed by atoms with Gasteiger partial charge in [-0.15, -0.1) is 11.3 Å². The van der Waals surface area contributed by atoms with E-state index in [4.69, 9.17) is 11.6 Å². The topological polar surface area (TPSA) is 12.0 Å². The summed E-state index contributed by atoms with van der Waals surface area (Å²) in [4.78, 5) is 1.27. The molecule has 0 fully saturated rings. The Bertz CT molecular complexity index is 495. The molecule has 1 nitrogen and oxygen atoms in total. The molecule has 0 atom stereocenters. The van der Waals surface area contributed by atoms with Gasteiger partial charge in [0.25, 0.3) is 0 Å². The smallest absolute Gasteiger partial charge is 0.0646 e. The molecule has 0 amide bonds. The van der Waals surface area contributed by atoms with Crippen molar-refractivity contribution in [3.05, 3.63) is 46.3 Å². The molecule has 0 bridgehead atoms. The van der Waals surface area contributed by atoms with E-state index in [2.05, 4.69) is 42.7 Å². The third-order valence-electron chi connectivity index (χ3n) is 2.43. The fourth-order valence-corrected chi connectivity index (χ4v) is 3.56. The first-order valence-electron chi connectivity index (χ1n) is 5.88. The van der Waals surface area contributed by atoms with Crippen LogP contribution in [0.15, 0.2) is 44.8 Å². The van der Waals surface area contributed by atoms with Gasteiger partial charge in [-0.05, 0) is 35.2 Å². The van der Waals surface area contributed by atoms with Crippen molar-refractivity contribution in [2.45, 2.75) is 35.5 Å². The number of hydrogen-bond acceptors (Lipinski definition) is 3. The standard InChI is InChI=1S/C14H16ClNS2/c1-10(2)16-9-11-8-12(15)5-6-13(11)18-14-4-3-7-17-14/h3-8,10,16H,9H2,1-2H3. The van der Waals surface area contributed by atoms with Crippen molar-refractivity contribution >= 4 is 34.7 Å². The largest absolute Gasteiger partial charge is 0.310 e. The van der Waals surface area contributed by atoms with Gasteiger partial charge in [0.05, 0.1) is 4.21 Å². The molecule has 0 aliphatic rings. The van der Waals surface area contributed by atoms with E-state index in [-0.39, 0.29) is 0 Å². The Labute approximate surface area is 122 Å². The molecule has 0 aliphatic heterocycles. The van der Waals surface area contributed by atoms with Crippen molar-refractivity contribution in [2.75, 3.05) is 0 Å². The third kappa shape index (κ3) is 4.02. The van der Waals surface area contributed by atoms with Gasteiger partial charge in [0.2, 0.25) is 0 Å². The van der Waals surface area contributed by atoms with Gasteiger partial charge >= 0.3 is 0 Å². The van der Waals surface area contributed by atoms with Crippen molar-refractivity contribution in [3.8, 4) is 0 Å². The zero-order valence-electron chi connectivity index (χ0n) is 10.4. The number of nitrogens with one attached hydrogen (secondary N) is 1. The van der Waals surface area contributed by atoms with Gasteiger partial charge in [-0.2, -0.15) is 0 Å². The number of hydrogen-bond donors (Lipinski definition) is 1. The van der Waals surface area contributed by atoms with Crippen LogP contribution in [0.25, 0.3) is 0 Å². The lowest BCUT2D eigenvalue weighted by molar-refractivity contribution is 0.585. The molecule has 0 unspecified atom stereocenters. The highest BCUT2D eigenvalue weighted by atomic mass is 35.5. The first-order valence-corrected chi connectivity index (χ1v) is 7.96. The maximum absolute atomic E-state index is 6.08. The number of benzene rings is 1. The van der Waals surface area contributed by atoms with Gasteiger partial charge in [0.15, 0.2) is 0 Å². The van der Waals surface area contributed by atoms with Crippen LogP contribution < -0.4 is 5.32 Å². The zero-order valence-corrected chi connectivity index (χ0v) is 12.8. The minimum absolute atomic E-state index is 0.476. The number of thiophene rings is 1. The summed E-state index contributed by atoms with van der Waals surface area (Å²) < 4.78 is 1.31. The third-order valence-corrected chi connectivity index (χ3v) is 4.82. The summed E-state index contributed by atoms with van der Waals surface area (Å²) in [6.45, 7) is 5.15. The monoisotopic (exact) mass is 297 g/mol. The summed E-state index contributed by atoms with van der Waals surface area (Å²) in [7, 11) is 0. The molecule has 1 aromatic heterocycles. The normalized spacial score (nSPS) is 11.1. The SMILES string of the molecule is CC(C)NCc1cc(Cl)ccc1Sc1cccs1. The van der Waals surface area contributed by atoms with Crippen molar-refractivity contribution in [3.63, 3.8) is 0 Å². The summed E-state index contributed by atoms with van der Waals surface area (Å²) in [5, 5.41) is 6.34. The molecule has 0 aliphatic carbocycles. The molecule has 18 heavy (non-hydrogen) atoms. The van der Waals surface area contributed by atoms with Crippen LogP contribution in [-0.4, -0.2) is 6.04 Å². The highest BCUT2D eigenvalue weighted by molar-refractivity contribution is 8.01. The van der Waals surface area contributed by atoms with Crippen LogP contribution in [0, 0.1) is 0 Å². The van der Waals surface area contributed by atoms with E-state index in [1.807, 2.05) is 12.1 Å². The molecule has 4 heteroatoms. The van der Waals surface area contributed by atoms with Crippen LogP contribution in [0.3, 0.4) is 0 Å². The molecule has 0 radical (unpaired) electrons. The fourth-order valence-electron chi connectivity index (χ4n) is 1.53. The zero-order chi connectivity index (χ0) is 13.0. The number of halogens is 1. The predicted octanol–water partition coefficient (Wildman–Crippen LogP) is 5.05. The van der Waals surface area contributed by atoms with Gasteiger partial charge in [0.1, 0.15) is 0 Å². The Kier molecular flexibility index (Phi) is 5.13. The lowest BCUT2D eigenvalue weighted by Gasteiger charge is -2.12. The maximum atomic E-state index is 6.08. The van der Waals surface area contributed by atoms with E-state index in [0.29, 0.717) is 6.04 Å². The van der Waals surface area contributed by atoms with Crippen LogP contribution in [0.2, 0.25) is 5.02 Å². The minimum Gasteiger partial charge on any atom is -0.310 e. The minimum atomic E-state index is 0.476. The van der Waals surface area contributed by atoms with E-state index in [0.717, 1.165) is 11.6 Å². The first-order chi connectivity index (χ1) is 8.65. The summed E-state index contributed by atoms with van der Waals surface area (Å²) in [5.74, 6) is 0. The lowest BCUT2D eigenvalue weighted by Crippen LogP contribution is -2.22. The second-order valence-corrected chi connectivity index (χ2v) is 7.05. The van der Waals surface area contributed by atoms with Crippen molar-refractivity contribution in [2.24, 2.45) is 0 Å². The average Bonchev–Trinajstić information content (AvgIpc) is 2.82. The van der Waals surface area contributed by atoms with E-state index >= 15 is 0 Å². The van der Waals surface area contributed by atoms with E-state index in [1.165, 1.54) is 14.7 Å². The molecule has 0 saturated carbocycles. The van der Waals surface area contributed by atoms with Gasteiger partial charge < -0.3 is 5.32 Å². The van der Waals surface area contributed by atoms with Crippen molar-refractivity contribution in [1.29, 1.82) is 0 Å². The van der Waals surface area contributed by atoms with Crippen LogP contribution in [-0.2, 0) is 6.54 Å². The van der Waals surface area contributed by atoms with E-state index < -0.39 is 0 Å². The highest BCUT2D eigenvalue weighted by Crippen LogP contribution is 2.34. The van der Waals surface area contributed by atoms with Gasteiger partial charge in [-0.1, -0.05) is 43.3 Å². The molecule has 2 aromatic rings. The van der Waals surface area contributed by atoms with Crippen molar-refractivity contribution in [1.82, 2.24) is 5.32 Å². The second-order valence-electron chi connectivity index (χ2n) is 4.32. The lowest BCUT2D eigenvalue weighted by atomic mass is 10.2. The molecule has 96 valence electrons. The second kappa shape index (κ2) is 6.62.